The fraction of sp³-hybridized carbons (Fsp3) is 0.667. The van der Waals surface area contributed by atoms with Crippen LogP contribution in [0.15, 0.2) is 24.3 Å². The van der Waals surface area contributed by atoms with Crippen molar-refractivity contribution < 1.29 is 0 Å². The second-order valence-corrected chi connectivity index (χ2v) is 6.23. The van der Waals surface area contributed by atoms with Gasteiger partial charge in [0.2, 0.25) is 0 Å². The fourth-order valence-corrected chi connectivity index (χ4v) is 3.27. The highest BCUT2D eigenvalue weighted by molar-refractivity contribution is 5.25. The minimum absolute atomic E-state index is 0.463. The van der Waals surface area contributed by atoms with Crippen LogP contribution in [-0.4, -0.2) is 24.0 Å². The van der Waals surface area contributed by atoms with Crippen molar-refractivity contribution in [3.63, 3.8) is 0 Å². The predicted molar refractivity (Wildman–Crippen MR) is 86.9 cm³/mol. The van der Waals surface area contributed by atoms with Crippen LogP contribution >= 0.6 is 0 Å². The molecule has 1 saturated carbocycles. The highest BCUT2D eigenvalue weighted by atomic mass is 15.1. The van der Waals surface area contributed by atoms with Crippen LogP contribution in [0.3, 0.4) is 0 Å². The number of hydrogen-bond donors (Lipinski definition) is 1. The molecule has 0 aromatic heterocycles. The number of nitrogens with two attached hydrogens (primary N) is 1. The Labute approximate surface area is 124 Å². The Balaban J connectivity index is 1.96. The lowest BCUT2D eigenvalue weighted by Crippen LogP contribution is -2.36. The van der Waals surface area contributed by atoms with Crippen molar-refractivity contribution in [3.05, 3.63) is 35.4 Å². The van der Waals surface area contributed by atoms with Crippen LogP contribution < -0.4 is 5.73 Å². The lowest BCUT2D eigenvalue weighted by molar-refractivity contribution is 0.156. The van der Waals surface area contributed by atoms with Gasteiger partial charge in [-0.05, 0) is 43.0 Å². The number of nitrogens with zero attached hydrogens (tertiary/aromatic N) is 1. The standard InChI is InChI=1S/C18H30N2/c1-3-20(18-7-5-4-6-8-18)14-16-9-11-17(12-10-16)15(2)13-19/h9-12,15,18H,3-8,13-14,19H2,1-2H3. The zero-order valence-corrected chi connectivity index (χ0v) is 13.1. The van der Waals surface area contributed by atoms with Crippen molar-refractivity contribution in [2.24, 2.45) is 5.73 Å². The van der Waals surface area contributed by atoms with E-state index in [0.29, 0.717) is 5.92 Å². The van der Waals surface area contributed by atoms with Gasteiger partial charge in [0.15, 0.2) is 0 Å². The number of benzene rings is 1. The summed E-state index contributed by atoms with van der Waals surface area (Å²) in [5, 5.41) is 0. The van der Waals surface area contributed by atoms with Crippen LogP contribution in [0.25, 0.3) is 0 Å². The molecule has 2 nitrogen and oxygen atoms in total. The molecular formula is C18H30N2. The lowest BCUT2D eigenvalue weighted by Gasteiger charge is -2.33. The van der Waals surface area contributed by atoms with E-state index in [4.69, 9.17) is 5.73 Å². The summed E-state index contributed by atoms with van der Waals surface area (Å²) in [4.78, 5) is 2.65. The molecule has 0 heterocycles. The first-order chi connectivity index (χ1) is 9.74. The molecule has 0 amide bonds. The van der Waals surface area contributed by atoms with Gasteiger partial charge in [0.1, 0.15) is 0 Å². The summed E-state index contributed by atoms with van der Waals surface area (Å²) < 4.78 is 0. The van der Waals surface area contributed by atoms with Crippen molar-refractivity contribution in [1.29, 1.82) is 0 Å². The smallest absolute Gasteiger partial charge is 0.0236 e. The SMILES string of the molecule is CCN(Cc1ccc(C(C)CN)cc1)C1CCCCC1. The maximum atomic E-state index is 5.73. The molecule has 1 aromatic carbocycles. The van der Waals surface area contributed by atoms with Crippen molar-refractivity contribution >= 4 is 0 Å². The van der Waals surface area contributed by atoms with E-state index < -0.39 is 0 Å². The molecule has 1 atom stereocenters. The summed E-state index contributed by atoms with van der Waals surface area (Å²) in [6.45, 7) is 7.46. The molecule has 0 spiro atoms. The Morgan fingerprint density at radius 3 is 2.35 bits per heavy atom. The van der Waals surface area contributed by atoms with Crippen LogP contribution in [0.5, 0.6) is 0 Å². The molecule has 1 unspecified atom stereocenters. The zero-order chi connectivity index (χ0) is 14.4. The quantitative estimate of drug-likeness (QED) is 0.852. The van der Waals surface area contributed by atoms with E-state index in [1.807, 2.05) is 0 Å². The normalized spacial score (nSPS) is 18.4. The van der Waals surface area contributed by atoms with E-state index in [1.54, 1.807) is 0 Å². The van der Waals surface area contributed by atoms with E-state index in [1.165, 1.54) is 43.2 Å². The fourth-order valence-electron chi connectivity index (χ4n) is 3.27. The molecule has 0 radical (unpaired) electrons. The second kappa shape index (κ2) is 7.80. The zero-order valence-electron chi connectivity index (χ0n) is 13.1. The number of rotatable bonds is 6. The Bertz CT molecular complexity index is 379. The molecule has 0 aliphatic heterocycles. The first kappa shape index (κ1) is 15.5. The van der Waals surface area contributed by atoms with Gasteiger partial charge in [-0.3, -0.25) is 4.90 Å². The molecule has 20 heavy (non-hydrogen) atoms. The van der Waals surface area contributed by atoms with Crippen molar-refractivity contribution in [3.8, 4) is 0 Å². The summed E-state index contributed by atoms with van der Waals surface area (Å²) >= 11 is 0. The van der Waals surface area contributed by atoms with E-state index in [-0.39, 0.29) is 0 Å². The molecule has 1 aromatic rings. The summed E-state index contributed by atoms with van der Waals surface area (Å²) in [5.74, 6) is 0.463. The summed E-state index contributed by atoms with van der Waals surface area (Å²) in [6, 6.07) is 9.87. The second-order valence-electron chi connectivity index (χ2n) is 6.23. The van der Waals surface area contributed by atoms with Crippen LogP contribution in [-0.2, 0) is 6.54 Å². The molecular weight excluding hydrogens is 244 g/mol. The van der Waals surface area contributed by atoms with Crippen molar-refractivity contribution in [2.75, 3.05) is 13.1 Å². The molecule has 2 N–H and O–H groups in total. The van der Waals surface area contributed by atoms with E-state index in [0.717, 1.165) is 25.7 Å². The summed E-state index contributed by atoms with van der Waals surface area (Å²) in [6.07, 6.45) is 7.02. The molecule has 2 rings (SSSR count). The van der Waals surface area contributed by atoms with Gasteiger partial charge in [-0.25, -0.2) is 0 Å². The lowest BCUT2D eigenvalue weighted by atomic mass is 9.93. The third-order valence-electron chi connectivity index (χ3n) is 4.79. The molecule has 1 aliphatic carbocycles. The van der Waals surface area contributed by atoms with Gasteiger partial charge in [0.05, 0.1) is 0 Å². The maximum absolute atomic E-state index is 5.73. The Morgan fingerprint density at radius 1 is 1.15 bits per heavy atom. The molecule has 1 fully saturated rings. The molecule has 1 aliphatic rings. The van der Waals surface area contributed by atoms with Gasteiger partial charge in [-0.2, -0.15) is 0 Å². The highest BCUT2D eigenvalue weighted by Crippen LogP contribution is 2.24. The molecule has 0 saturated heterocycles. The van der Waals surface area contributed by atoms with Gasteiger partial charge in [0.25, 0.3) is 0 Å². The average Bonchev–Trinajstić information content (AvgIpc) is 2.53. The van der Waals surface area contributed by atoms with Gasteiger partial charge >= 0.3 is 0 Å². The van der Waals surface area contributed by atoms with Crippen molar-refractivity contribution in [1.82, 2.24) is 4.90 Å². The molecule has 0 bridgehead atoms. The monoisotopic (exact) mass is 274 g/mol. The molecule has 112 valence electrons. The Hall–Kier alpha value is -0.860. The van der Waals surface area contributed by atoms with Crippen LogP contribution in [0.1, 0.15) is 63.0 Å². The highest BCUT2D eigenvalue weighted by Gasteiger charge is 2.19. The van der Waals surface area contributed by atoms with Crippen LogP contribution in [0.2, 0.25) is 0 Å². The van der Waals surface area contributed by atoms with E-state index in [9.17, 15) is 0 Å². The van der Waals surface area contributed by atoms with Gasteiger partial charge in [0, 0.05) is 12.6 Å². The first-order valence-electron chi connectivity index (χ1n) is 8.27. The third kappa shape index (κ3) is 4.07. The third-order valence-corrected chi connectivity index (χ3v) is 4.79. The van der Waals surface area contributed by atoms with Crippen molar-refractivity contribution in [2.45, 2.75) is 64.5 Å². The van der Waals surface area contributed by atoms with E-state index in [2.05, 4.69) is 43.0 Å². The summed E-state index contributed by atoms with van der Waals surface area (Å²) in [5.41, 5.74) is 8.53. The minimum Gasteiger partial charge on any atom is -0.330 e. The summed E-state index contributed by atoms with van der Waals surface area (Å²) in [7, 11) is 0. The predicted octanol–water partition coefficient (Wildman–Crippen LogP) is 3.90. The van der Waals surface area contributed by atoms with E-state index >= 15 is 0 Å². The molecule has 2 heteroatoms. The Morgan fingerprint density at radius 2 is 1.80 bits per heavy atom. The van der Waals surface area contributed by atoms with Crippen LogP contribution in [0.4, 0.5) is 0 Å². The average molecular weight is 274 g/mol. The Kier molecular flexibility index (Phi) is 6.06. The van der Waals surface area contributed by atoms with Gasteiger partial charge < -0.3 is 5.73 Å². The minimum atomic E-state index is 0.463. The van der Waals surface area contributed by atoms with Crippen LogP contribution in [0, 0.1) is 0 Å². The first-order valence-corrected chi connectivity index (χ1v) is 8.27. The topological polar surface area (TPSA) is 29.3 Å². The number of hydrogen-bond acceptors (Lipinski definition) is 2. The van der Waals surface area contributed by atoms with Gasteiger partial charge in [-0.15, -0.1) is 0 Å². The largest absolute Gasteiger partial charge is 0.330 e. The maximum Gasteiger partial charge on any atom is 0.0236 e. The van der Waals surface area contributed by atoms with Gasteiger partial charge in [-0.1, -0.05) is 57.4 Å².